The Labute approximate surface area is 275 Å². The molecule has 1 aliphatic carbocycles. The zero-order valence-corrected chi connectivity index (χ0v) is 25.9. The van der Waals surface area contributed by atoms with Crippen LogP contribution in [0.3, 0.4) is 0 Å². The van der Waals surface area contributed by atoms with E-state index in [4.69, 9.17) is 14.2 Å². The molecule has 1 atom stereocenters. The number of carbonyl (C=O) groups is 4. The summed E-state index contributed by atoms with van der Waals surface area (Å²) < 4.78 is 44.0. The molecule has 11 heteroatoms. The van der Waals surface area contributed by atoms with Crippen LogP contribution in [0.2, 0.25) is 0 Å². The van der Waals surface area contributed by atoms with Gasteiger partial charge in [-0.2, -0.15) is 0 Å². The summed E-state index contributed by atoms with van der Waals surface area (Å²) in [4.78, 5) is 53.7. The highest BCUT2D eigenvalue weighted by Gasteiger charge is 2.39. The van der Waals surface area contributed by atoms with E-state index in [1.54, 1.807) is 60.7 Å². The first-order chi connectivity index (χ1) is 23.2. The number of amides is 2. The highest BCUT2D eigenvalue weighted by atomic mass is 19.2. The summed E-state index contributed by atoms with van der Waals surface area (Å²) in [5, 5.41) is 2.62. The number of ketones is 2. The summed E-state index contributed by atoms with van der Waals surface area (Å²) in [5.74, 6) is -1.21. The van der Waals surface area contributed by atoms with Gasteiger partial charge in [-0.3, -0.25) is 19.7 Å². The second-order valence-electron chi connectivity index (χ2n) is 11.6. The maximum absolute atomic E-state index is 14.0. The SMILES string of the molecule is O=C1CCCCC(=O)C(N2Cc3ccc(COC(=O)Nc4ccc(Oc5ccc(F)c(F)c5)cc4)c(Oc4ccccc4)c3C2=O)CC1. The molecule has 246 valence electrons. The third-order valence-corrected chi connectivity index (χ3v) is 8.26. The maximum Gasteiger partial charge on any atom is 0.411 e. The van der Waals surface area contributed by atoms with E-state index in [1.165, 1.54) is 11.0 Å². The molecule has 1 aliphatic heterocycles. The van der Waals surface area contributed by atoms with Crippen LogP contribution in [0, 0.1) is 11.6 Å². The largest absolute Gasteiger partial charge is 0.457 e. The molecule has 1 N–H and O–H groups in total. The number of benzene rings is 4. The number of hydrogen-bond donors (Lipinski definition) is 1. The van der Waals surface area contributed by atoms with E-state index in [0.29, 0.717) is 54.0 Å². The zero-order valence-electron chi connectivity index (χ0n) is 25.9. The second kappa shape index (κ2) is 14.5. The normalized spacial score (nSPS) is 16.4. The van der Waals surface area contributed by atoms with Crippen LogP contribution in [-0.2, 0) is 27.5 Å². The third kappa shape index (κ3) is 7.52. The first-order valence-electron chi connectivity index (χ1n) is 15.6. The molecule has 4 aromatic rings. The van der Waals surface area contributed by atoms with Crippen molar-refractivity contribution in [3.63, 3.8) is 0 Å². The Kier molecular flexibility index (Phi) is 9.75. The van der Waals surface area contributed by atoms with E-state index in [0.717, 1.165) is 12.1 Å². The summed E-state index contributed by atoms with van der Waals surface area (Å²) in [6.45, 7) is -0.0376. The smallest absolute Gasteiger partial charge is 0.411 e. The molecule has 1 unspecified atom stereocenters. The molecule has 1 heterocycles. The Morgan fingerprint density at radius 2 is 1.52 bits per heavy atom. The lowest BCUT2D eigenvalue weighted by Gasteiger charge is -2.26. The van der Waals surface area contributed by atoms with Crippen molar-refractivity contribution in [2.45, 2.75) is 57.7 Å². The fraction of sp³-hybridized carbons (Fsp3) is 0.243. The molecule has 48 heavy (non-hydrogen) atoms. The summed E-state index contributed by atoms with van der Waals surface area (Å²) >= 11 is 0. The average molecular weight is 655 g/mol. The number of halogens is 2. The predicted molar refractivity (Wildman–Crippen MR) is 171 cm³/mol. The number of nitrogens with one attached hydrogen (secondary N) is 1. The fourth-order valence-electron chi connectivity index (χ4n) is 5.80. The summed E-state index contributed by atoms with van der Waals surface area (Å²) in [7, 11) is 0. The number of ether oxygens (including phenoxy) is 3. The Morgan fingerprint density at radius 3 is 2.29 bits per heavy atom. The molecule has 0 radical (unpaired) electrons. The monoisotopic (exact) mass is 654 g/mol. The summed E-state index contributed by atoms with van der Waals surface area (Å²) in [5.41, 5.74) is 1.78. The van der Waals surface area contributed by atoms with Crippen molar-refractivity contribution in [1.29, 1.82) is 0 Å². The van der Waals surface area contributed by atoms with Gasteiger partial charge in [0.05, 0.1) is 11.6 Å². The predicted octanol–water partition coefficient (Wildman–Crippen LogP) is 8.11. The van der Waals surface area contributed by atoms with Crippen LogP contribution in [0.15, 0.2) is 84.9 Å². The van der Waals surface area contributed by atoms with E-state index < -0.39 is 23.8 Å². The lowest BCUT2D eigenvalue weighted by Crippen LogP contribution is -2.41. The minimum absolute atomic E-state index is 0.0550. The maximum atomic E-state index is 14.0. The fourth-order valence-corrected chi connectivity index (χ4v) is 5.80. The van der Waals surface area contributed by atoms with Gasteiger partial charge in [0, 0.05) is 43.1 Å². The lowest BCUT2D eigenvalue weighted by atomic mass is 10.0. The van der Waals surface area contributed by atoms with Gasteiger partial charge in [-0.05, 0) is 73.4 Å². The summed E-state index contributed by atoms with van der Waals surface area (Å²) in [6.07, 6.45) is 1.77. The first-order valence-corrected chi connectivity index (χ1v) is 15.6. The minimum atomic E-state index is -1.03. The highest BCUT2D eigenvalue weighted by Crippen LogP contribution is 2.39. The zero-order chi connectivity index (χ0) is 33.6. The lowest BCUT2D eigenvalue weighted by molar-refractivity contribution is -0.124. The van der Waals surface area contributed by atoms with Crippen LogP contribution in [0.1, 0.15) is 60.0 Å². The van der Waals surface area contributed by atoms with E-state index in [2.05, 4.69) is 5.32 Å². The first kappa shape index (κ1) is 32.4. The molecule has 6 rings (SSSR count). The average Bonchev–Trinajstić information content (AvgIpc) is 3.44. The number of fused-ring (bicyclic) bond motifs is 1. The molecule has 1 fully saturated rings. The second-order valence-corrected chi connectivity index (χ2v) is 11.6. The van der Waals surface area contributed by atoms with Gasteiger partial charge >= 0.3 is 6.09 Å². The van der Waals surface area contributed by atoms with Crippen LogP contribution in [0.4, 0.5) is 19.3 Å². The molecule has 4 aromatic carbocycles. The van der Waals surface area contributed by atoms with Crippen molar-refractivity contribution in [2.75, 3.05) is 5.32 Å². The number of nitrogens with zero attached hydrogens (tertiary/aromatic N) is 1. The van der Waals surface area contributed by atoms with Gasteiger partial charge in [-0.25, -0.2) is 13.6 Å². The molecule has 0 saturated heterocycles. The van der Waals surface area contributed by atoms with Crippen molar-refractivity contribution < 1.29 is 42.2 Å². The highest BCUT2D eigenvalue weighted by molar-refractivity contribution is 6.04. The topological polar surface area (TPSA) is 111 Å². The number of para-hydroxylation sites is 1. The standard InChI is InChI=1S/C37H32F2N2O7/c38-30-18-17-29(20-31(30)39)47-28-15-12-25(13-16-28)40-37(45)46-22-24-11-10-23-21-41(32-19-14-26(42)6-4-5-9-33(32)43)36(44)34(23)35(24)48-27-7-2-1-3-8-27/h1-3,7-8,10-13,15-18,20,32H,4-6,9,14,19,21-22H2,(H,40,45). The molecule has 0 bridgehead atoms. The van der Waals surface area contributed by atoms with E-state index in [1.807, 2.05) is 6.07 Å². The molecule has 1 saturated carbocycles. The van der Waals surface area contributed by atoms with Gasteiger partial charge in [0.1, 0.15) is 35.4 Å². The summed E-state index contributed by atoms with van der Waals surface area (Å²) in [6, 6.07) is 21.0. The van der Waals surface area contributed by atoms with Crippen LogP contribution in [0.25, 0.3) is 0 Å². The van der Waals surface area contributed by atoms with Gasteiger partial charge in [0.2, 0.25) is 0 Å². The molecule has 9 nitrogen and oxygen atoms in total. The van der Waals surface area contributed by atoms with Crippen molar-refractivity contribution in [2.24, 2.45) is 0 Å². The molecule has 2 aliphatic rings. The Balaban J connectivity index is 1.17. The number of hydrogen-bond acceptors (Lipinski definition) is 7. The van der Waals surface area contributed by atoms with Crippen molar-refractivity contribution in [1.82, 2.24) is 4.90 Å². The quantitative estimate of drug-likeness (QED) is 0.204. The number of rotatable bonds is 8. The molecule has 0 aromatic heterocycles. The Bertz CT molecular complexity index is 1850. The van der Waals surface area contributed by atoms with Crippen molar-refractivity contribution in [3.8, 4) is 23.0 Å². The van der Waals surface area contributed by atoms with Gasteiger partial charge < -0.3 is 19.1 Å². The Morgan fingerprint density at radius 1 is 0.792 bits per heavy atom. The number of carbonyl (C=O) groups excluding carboxylic acids is 4. The van der Waals surface area contributed by atoms with E-state index >= 15 is 0 Å². The molecule has 2 amide bonds. The number of anilines is 1. The van der Waals surface area contributed by atoms with Crippen LogP contribution < -0.4 is 14.8 Å². The van der Waals surface area contributed by atoms with Gasteiger partial charge in [0.15, 0.2) is 17.4 Å². The molecular formula is C37H32F2N2O7. The van der Waals surface area contributed by atoms with Crippen LogP contribution in [-0.4, -0.2) is 34.5 Å². The molecular weight excluding hydrogens is 622 g/mol. The van der Waals surface area contributed by atoms with Crippen LogP contribution >= 0.6 is 0 Å². The van der Waals surface area contributed by atoms with Crippen molar-refractivity contribution >= 4 is 29.3 Å². The van der Waals surface area contributed by atoms with E-state index in [9.17, 15) is 28.0 Å². The Hall–Kier alpha value is -5.58. The van der Waals surface area contributed by atoms with Gasteiger partial charge in [0.25, 0.3) is 5.91 Å². The molecule has 0 spiro atoms. The van der Waals surface area contributed by atoms with Gasteiger partial charge in [-0.15, -0.1) is 0 Å². The van der Waals surface area contributed by atoms with E-state index in [-0.39, 0.29) is 60.5 Å². The van der Waals surface area contributed by atoms with Gasteiger partial charge in [-0.1, -0.05) is 30.3 Å². The third-order valence-electron chi connectivity index (χ3n) is 8.26. The van der Waals surface area contributed by atoms with Crippen molar-refractivity contribution in [3.05, 3.63) is 113 Å². The minimum Gasteiger partial charge on any atom is -0.457 e. The van der Waals surface area contributed by atoms with Crippen LogP contribution in [0.5, 0.6) is 23.0 Å². The number of Topliss-reactive ketones (excluding diaryl/α,β-unsaturated/α-hetero) is 2.